The van der Waals surface area contributed by atoms with E-state index >= 15 is 0 Å². The van der Waals surface area contributed by atoms with Crippen LogP contribution in [-0.4, -0.2) is 8.42 Å². The smallest absolute Gasteiger partial charge is 0.207 e. The Bertz CT molecular complexity index is 694. The number of halogens is 1. The molecule has 22 heavy (non-hydrogen) atoms. The van der Waals surface area contributed by atoms with Gasteiger partial charge in [-0.1, -0.05) is 37.6 Å². The van der Waals surface area contributed by atoms with Crippen molar-refractivity contribution >= 4 is 10.0 Å². The van der Waals surface area contributed by atoms with Gasteiger partial charge in [0.2, 0.25) is 10.0 Å². The van der Waals surface area contributed by atoms with Crippen LogP contribution < -0.4 is 4.72 Å². The number of unbranched alkanes of at least 4 members (excludes halogenated alkanes) is 1. The summed E-state index contributed by atoms with van der Waals surface area (Å²) in [4.78, 5) is 0.245. The average molecular weight is 321 g/mol. The number of hydrogen-bond acceptors (Lipinski definition) is 2. The van der Waals surface area contributed by atoms with E-state index in [1.807, 2.05) is 12.1 Å². The van der Waals surface area contributed by atoms with Gasteiger partial charge >= 0.3 is 0 Å². The molecule has 0 aliphatic rings. The van der Waals surface area contributed by atoms with Crippen LogP contribution in [0.1, 0.15) is 30.9 Å². The van der Waals surface area contributed by atoms with Gasteiger partial charge in [-0.3, -0.25) is 0 Å². The first-order valence-corrected chi connectivity index (χ1v) is 8.82. The van der Waals surface area contributed by atoms with Crippen LogP contribution in [0, 0.1) is 5.82 Å². The Morgan fingerprint density at radius 1 is 0.955 bits per heavy atom. The molecule has 0 amide bonds. The van der Waals surface area contributed by atoms with E-state index in [9.17, 15) is 12.8 Å². The molecule has 0 heterocycles. The molecule has 0 saturated carbocycles. The summed E-state index contributed by atoms with van der Waals surface area (Å²) < 4.78 is 39.8. The maximum atomic E-state index is 12.8. The largest absolute Gasteiger partial charge is 0.240 e. The van der Waals surface area contributed by atoms with Crippen LogP contribution in [0.25, 0.3) is 0 Å². The Labute approximate surface area is 131 Å². The first-order valence-electron chi connectivity index (χ1n) is 7.34. The number of hydrogen-bond donors (Lipinski definition) is 1. The molecular formula is C17H20FNO2S. The van der Waals surface area contributed by atoms with Gasteiger partial charge in [0.1, 0.15) is 5.82 Å². The summed E-state index contributed by atoms with van der Waals surface area (Å²) in [5, 5.41) is 0. The molecule has 0 atom stereocenters. The molecule has 2 rings (SSSR count). The maximum absolute atomic E-state index is 12.8. The first-order chi connectivity index (χ1) is 10.5. The molecule has 2 aromatic carbocycles. The fourth-order valence-corrected chi connectivity index (χ4v) is 3.10. The topological polar surface area (TPSA) is 46.2 Å². The Kier molecular flexibility index (Phi) is 5.69. The van der Waals surface area contributed by atoms with Crippen molar-refractivity contribution < 1.29 is 12.8 Å². The molecule has 0 bridgehead atoms. The molecule has 0 radical (unpaired) electrons. The van der Waals surface area contributed by atoms with E-state index in [2.05, 4.69) is 11.6 Å². The molecule has 1 N–H and O–H groups in total. The van der Waals surface area contributed by atoms with E-state index in [1.54, 1.807) is 24.3 Å². The van der Waals surface area contributed by atoms with E-state index in [0.717, 1.165) is 24.8 Å². The van der Waals surface area contributed by atoms with Crippen LogP contribution in [0.2, 0.25) is 0 Å². The van der Waals surface area contributed by atoms with Crippen molar-refractivity contribution in [3.05, 3.63) is 65.5 Å². The standard InChI is InChI=1S/C17H20FNO2S/c1-2-3-4-14-7-11-17(12-8-14)22(20,21)19-13-15-5-9-16(18)10-6-15/h5-12,19H,2-4,13H2,1H3. The fourth-order valence-electron chi connectivity index (χ4n) is 2.08. The number of sulfonamides is 1. The summed E-state index contributed by atoms with van der Waals surface area (Å²) in [5.74, 6) is -0.339. The van der Waals surface area contributed by atoms with Gasteiger partial charge in [0, 0.05) is 6.54 Å². The predicted octanol–water partition coefficient (Wildman–Crippen LogP) is 3.65. The van der Waals surface area contributed by atoms with Crippen LogP contribution in [0.4, 0.5) is 4.39 Å². The van der Waals surface area contributed by atoms with Crippen LogP contribution in [0.15, 0.2) is 53.4 Å². The number of aryl methyl sites for hydroxylation is 1. The normalized spacial score (nSPS) is 11.5. The second-order valence-corrected chi connectivity index (χ2v) is 6.97. The number of nitrogens with one attached hydrogen (secondary N) is 1. The van der Waals surface area contributed by atoms with Crippen molar-refractivity contribution in [2.75, 3.05) is 0 Å². The summed E-state index contributed by atoms with van der Waals surface area (Å²) in [6, 6.07) is 12.7. The molecule has 2 aromatic rings. The van der Waals surface area contributed by atoms with E-state index in [-0.39, 0.29) is 17.3 Å². The van der Waals surface area contributed by atoms with Crippen LogP contribution in [-0.2, 0) is 23.0 Å². The van der Waals surface area contributed by atoms with Crippen LogP contribution in [0.3, 0.4) is 0 Å². The fraction of sp³-hybridized carbons (Fsp3) is 0.294. The zero-order valence-corrected chi connectivity index (χ0v) is 13.4. The van der Waals surface area contributed by atoms with Gasteiger partial charge in [0.25, 0.3) is 0 Å². The van der Waals surface area contributed by atoms with Crippen molar-refractivity contribution in [3.8, 4) is 0 Å². The second-order valence-electron chi connectivity index (χ2n) is 5.20. The number of benzene rings is 2. The lowest BCUT2D eigenvalue weighted by molar-refractivity contribution is 0.581. The SMILES string of the molecule is CCCCc1ccc(S(=O)(=O)NCc2ccc(F)cc2)cc1. The highest BCUT2D eigenvalue weighted by Gasteiger charge is 2.13. The molecule has 0 aliphatic carbocycles. The third-order valence-corrected chi connectivity index (χ3v) is 4.85. The van der Waals surface area contributed by atoms with Gasteiger partial charge in [-0.05, 0) is 48.2 Å². The Hall–Kier alpha value is -1.72. The lowest BCUT2D eigenvalue weighted by Gasteiger charge is -2.08. The Morgan fingerprint density at radius 2 is 1.55 bits per heavy atom. The summed E-state index contributed by atoms with van der Waals surface area (Å²) in [5.41, 5.74) is 1.85. The van der Waals surface area contributed by atoms with Gasteiger partial charge in [-0.2, -0.15) is 0 Å². The molecule has 118 valence electrons. The van der Waals surface area contributed by atoms with Crippen molar-refractivity contribution in [3.63, 3.8) is 0 Å². The molecule has 0 aromatic heterocycles. The highest BCUT2D eigenvalue weighted by Crippen LogP contribution is 2.13. The summed E-state index contributed by atoms with van der Waals surface area (Å²) in [6.45, 7) is 2.26. The average Bonchev–Trinajstić information content (AvgIpc) is 2.53. The van der Waals surface area contributed by atoms with E-state index < -0.39 is 10.0 Å². The highest BCUT2D eigenvalue weighted by molar-refractivity contribution is 7.89. The molecule has 0 unspecified atom stereocenters. The Balaban J connectivity index is 2.01. The Morgan fingerprint density at radius 3 is 2.14 bits per heavy atom. The molecular weight excluding hydrogens is 301 g/mol. The second kappa shape index (κ2) is 7.51. The quantitative estimate of drug-likeness (QED) is 0.846. The molecule has 5 heteroatoms. The van der Waals surface area contributed by atoms with E-state index in [1.165, 1.54) is 12.1 Å². The predicted molar refractivity (Wildman–Crippen MR) is 85.5 cm³/mol. The zero-order chi connectivity index (χ0) is 16.0. The summed E-state index contributed by atoms with van der Waals surface area (Å²) >= 11 is 0. The van der Waals surface area contributed by atoms with Crippen molar-refractivity contribution in [1.82, 2.24) is 4.72 Å². The monoisotopic (exact) mass is 321 g/mol. The van der Waals surface area contributed by atoms with E-state index in [0.29, 0.717) is 5.56 Å². The van der Waals surface area contributed by atoms with Crippen LogP contribution in [0.5, 0.6) is 0 Å². The molecule has 0 spiro atoms. The van der Waals surface area contributed by atoms with Crippen LogP contribution >= 0.6 is 0 Å². The van der Waals surface area contributed by atoms with Gasteiger partial charge in [-0.15, -0.1) is 0 Å². The third-order valence-electron chi connectivity index (χ3n) is 3.43. The third kappa shape index (κ3) is 4.64. The zero-order valence-electron chi connectivity index (χ0n) is 12.5. The van der Waals surface area contributed by atoms with Crippen molar-refractivity contribution in [2.45, 2.75) is 37.6 Å². The molecule has 0 aliphatic heterocycles. The highest BCUT2D eigenvalue weighted by atomic mass is 32.2. The maximum Gasteiger partial charge on any atom is 0.240 e. The molecule has 0 saturated heterocycles. The summed E-state index contributed by atoms with van der Waals surface area (Å²) in [6.07, 6.45) is 3.16. The first kappa shape index (κ1) is 16.6. The van der Waals surface area contributed by atoms with Gasteiger partial charge < -0.3 is 0 Å². The van der Waals surface area contributed by atoms with Crippen molar-refractivity contribution in [1.29, 1.82) is 0 Å². The van der Waals surface area contributed by atoms with Gasteiger partial charge in [0.15, 0.2) is 0 Å². The van der Waals surface area contributed by atoms with Gasteiger partial charge in [0.05, 0.1) is 4.90 Å². The number of rotatable bonds is 7. The molecule has 3 nitrogen and oxygen atoms in total. The lowest BCUT2D eigenvalue weighted by Crippen LogP contribution is -2.23. The minimum atomic E-state index is -3.55. The van der Waals surface area contributed by atoms with E-state index in [4.69, 9.17) is 0 Å². The molecule has 0 fully saturated rings. The minimum Gasteiger partial charge on any atom is -0.207 e. The van der Waals surface area contributed by atoms with Crippen molar-refractivity contribution in [2.24, 2.45) is 0 Å². The summed E-state index contributed by atoms with van der Waals surface area (Å²) in [7, 11) is -3.55. The lowest BCUT2D eigenvalue weighted by atomic mass is 10.1. The van der Waals surface area contributed by atoms with Gasteiger partial charge in [-0.25, -0.2) is 17.5 Å². The minimum absolute atomic E-state index is 0.139.